The fraction of sp³-hybridized carbons (Fsp3) is 0.0417. The average molecular weight is 334 g/mol. The first-order valence-electron chi connectivity index (χ1n) is 8.81. The van der Waals surface area contributed by atoms with E-state index in [1.807, 2.05) is 12.1 Å². The van der Waals surface area contributed by atoms with Crippen molar-refractivity contribution < 1.29 is 0 Å². The van der Waals surface area contributed by atoms with Gasteiger partial charge in [0.2, 0.25) is 0 Å². The highest BCUT2D eigenvalue weighted by atomic mass is 14.9. The van der Waals surface area contributed by atoms with Gasteiger partial charge in [-0.3, -0.25) is 0 Å². The minimum atomic E-state index is 0.974. The van der Waals surface area contributed by atoms with E-state index in [0.29, 0.717) is 0 Å². The molecule has 0 saturated heterocycles. The van der Waals surface area contributed by atoms with Crippen LogP contribution in [0, 0.1) is 0 Å². The molecular formula is C24H18N2. The van der Waals surface area contributed by atoms with Crippen LogP contribution in [-0.2, 0) is 7.05 Å². The zero-order valence-electron chi connectivity index (χ0n) is 14.6. The van der Waals surface area contributed by atoms with Gasteiger partial charge in [-0.1, -0.05) is 54.6 Å². The molecule has 0 radical (unpaired) electrons. The predicted octanol–water partition coefficient (Wildman–Crippen LogP) is 6.05. The molecule has 5 rings (SSSR count). The van der Waals surface area contributed by atoms with Gasteiger partial charge >= 0.3 is 0 Å². The van der Waals surface area contributed by atoms with E-state index in [-0.39, 0.29) is 0 Å². The lowest BCUT2D eigenvalue weighted by atomic mass is 10.1. The number of fused-ring (bicyclic) bond motifs is 4. The molecule has 0 atom stereocenters. The van der Waals surface area contributed by atoms with E-state index in [1.54, 1.807) is 0 Å². The number of nitrogens with zero attached hydrogens (tertiary/aromatic N) is 2. The molecule has 3 aromatic carbocycles. The van der Waals surface area contributed by atoms with Crippen molar-refractivity contribution in [3.05, 3.63) is 90.1 Å². The summed E-state index contributed by atoms with van der Waals surface area (Å²) in [5.41, 5.74) is 5.71. The van der Waals surface area contributed by atoms with Crippen molar-refractivity contribution in [2.24, 2.45) is 7.05 Å². The summed E-state index contributed by atoms with van der Waals surface area (Å²) in [7, 11) is 2.12. The van der Waals surface area contributed by atoms with Crippen LogP contribution in [0.25, 0.3) is 44.9 Å². The number of hydrogen-bond donors (Lipinski definition) is 0. The van der Waals surface area contributed by atoms with Gasteiger partial charge in [0, 0.05) is 34.2 Å². The summed E-state index contributed by atoms with van der Waals surface area (Å²) in [6, 6.07) is 27.6. The van der Waals surface area contributed by atoms with Crippen molar-refractivity contribution >= 4 is 44.9 Å². The Bertz CT molecular complexity index is 1290. The van der Waals surface area contributed by atoms with Gasteiger partial charge in [-0.15, -0.1) is 0 Å². The van der Waals surface area contributed by atoms with E-state index in [4.69, 9.17) is 4.98 Å². The summed E-state index contributed by atoms with van der Waals surface area (Å²) < 4.78 is 2.25. The highest BCUT2D eigenvalue weighted by Gasteiger charge is 2.07. The minimum absolute atomic E-state index is 0.974. The molecule has 0 aliphatic rings. The maximum Gasteiger partial charge on any atom is 0.0709 e. The van der Waals surface area contributed by atoms with Crippen LogP contribution < -0.4 is 0 Å². The zero-order valence-corrected chi connectivity index (χ0v) is 14.6. The Balaban J connectivity index is 1.58. The second-order valence-electron chi connectivity index (χ2n) is 6.61. The molecule has 0 unspecified atom stereocenters. The molecule has 0 aliphatic heterocycles. The molecule has 0 bridgehead atoms. The predicted molar refractivity (Wildman–Crippen MR) is 111 cm³/mol. The topological polar surface area (TPSA) is 17.8 Å². The van der Waals surface area contributed by atoms with Crippen molar-refractivity contribution in [2.45, 2.75) is 0 Å². The van der Waals surface area contributed by atoms with E-state index >= 15 is 0 Å². The van der Waals surface area contributed by atoms with Gasteiger partial charge in [0.1, 0.15) is 0 Å². The first-order chi connectivity index (χ1) is 12.8. The molecule has 0 saturated carbocycles. The molecule has 0 aliphatic carbocycles. The van der Waals surface area contributed by atoms with Gasteiger partial charge in [0.15, 0.2) is 0 Å². The quantitative estimate of drug-likeness (QED) is 0.384. The third-order valence-electron chi connectivity index (χ3n) is 5.00. The number of aryl methyl sites for hydroxylation is 1. The van der Waals surface area contributed by atoms with Crippen LogP contribution in [-0.4, -0.2) is 9.55 Å². The number of pyridine rings is 1. The van der Waals surface area contributed by atoms with Crippen LogP contribution in [0.15, 0.2) is 78.9 Å². The molecule has 0 fully saturated rings. The van der Waals surface area contributed by atoms with Crippen LogP contribution in [0.3, 0.4) is 0 Å². The molecule has 26 heavy (non-hydrogen) atoms. The normalized spacial score (nSPS) is 11.9. The van der Waals surface area contributed by atoms with Crippen molar-refractivity contribution in [1.29, 1.82) is 0 Å². The Kier molecular flexibility index (Phi) is 3.36. The second kappa shape index (κ2) is 5.85. The molecular weight excluding hydrogens is 316 g/mol. The van der Waals surface area contributed by atoms with Crippen LogP contribution in [0.5, 0.6) is 0 Å². The molecule has 0 spiro atoms. The Hall–Kier alpha value is -3.39. The first kappa shape index (κ1) is 14.9. The largest absolute Gasteiger partial charge is 0.344 e. The Labute approximate surface area is 152 Å². The molecule has 124 valence electrons. The van der Waals surface area contributed by atoms with Crippen molar-refractivity contribution in [2.75, 3.05) is 0 Å². The summed E-state index contributed by atoms with van der Waals surface area (Å²) in [4.78, 5) is 4.72. The SMILES string of the molecule is Cn1c2ccccc2c2cc(C=Cc3ccc4ccccc4n3)ccc21. The van der Waals surface area contributed by atoms with Gasteiger partial charge < -0.3 is 4.57 Å². The van der Waals surface area contributed by atoms with Crippen LogP contribution in [0.4, 0.5) is 0 Å². The third kappa shape index (κ3) is 2.39. The molecule has 2 heterocycles. The maximum absolute atomic E-state index is 4.72. The zero-order chi connectivity index (χ0) is 17.5. The van der Waals surface area contributed by atoms with Crippen molar-refractivity contribution in [3.8, 4) is 0 Å². The van der Waals surface area contributed by atoms with Crippen molar-refractivity contribution in [1.82, 2.24) is 9.55 Å². The fourth-order valence-electron chi connectivity index (χ4n) is 3.65. The summed E-state index contributed by atoms with van der Waals surface area (Å²) in [5, 5.41) is 3.75. The average Bonchev–Trinajstić information content (AvgIpc) is 2.98. The summed E-state index contributed by atoms with van der Waals surface area (Å²) in [5.74, 6) is 0. The molecule has 2 aromatic heterocycles. The lowest BCUT2D eigenvalue weighted by molar-refractivity contribution is 1.01. The molecule has 0 amide bonds. The summed E-state index contributed by atoms with van der Waals surface area (Å²) in [6.45, 7) is 0. The van der Waals surface area contributed by atoms with Gasteiger partial charge in [0.05, 0.1) is 11.2 Å². The smallest absolute Gasteiger partial charge is 0.0709 e. The number of rotatable bonds is 2. The number of benzene rings is 3. The van der Waals surface area contributed by atoms with Crippen LogP contribution in [0.1, 0.15) is 11.3 Å². The van der Waals surface area contributed by atoms with Gasteiger partial charge in [-0.2, -0.15) is 0 Å². The van der Waals surface area contributed by atoms with E-state index in [1.165, 1.54) is 32.8 Å². The molecule has 5 aromatic rings. The second-order valence-corrected chi connectivity index (χ2v) is 6.61. The highest BCUT2D eigenvalue weighted by Crippen LogP contribution is 2.29. The summed E-state index contributed by atoms with van der Waals surface area (Å²) in [6.07, 6.45) is 4.22. The van der Waals surface area contributed by atoms with Crippen LogP contribution >= 0.6 is 0 Å². The van der Waals surface area contributed by atoms with E-state index in [0.717, 1.165) is 11.2 Å². The monoisotopic (exact) mass is 334 g/mol. The highest BCUT2D eigenvalue weighted by molar-refractivity contribution is 6.08. The third-order valence-corrected chi connectivity index (χ3v) is 5.00. The molecule has 0 N–H and O–H groups in total. The lowest BCUT2D eigenvalue weighted by Crippen LogP contribution is -1.85. The van der Waals surface area contributed by atoms with E-state index < -0.39 is 0 Å². The van der Waals surface area contributed by atoms with Crippen LogP contribution in [0.2, 0.25) is 0 Å². The lowest BCUT2D eigenvalue weighted by Gasteiger charge is -2.00. The Morgan fingerprint density at radius 1 is 0.731 bits per heavy atom. The molecule has 2 heteroatoms. The first-order valence-corrected chi connectivity index (χ1v) is 8.81. The maximum atomic E-state index is 4.72. The van der Waals surface area contributed by atoms with Gasteiger partial charge in [-0.05, 0) is 42.0 Å². The number of aromatic nitrogens is 2. The standard InChI is InChI=1S/C24H18N2/c1-26-23-9-5-3-7-20(23)21-16-17(11-15-24(21)26)10-13-19-14-12-18-6-2-4-8-22(18)25-19/h2-16H,1H3. The van der Waals surface area contributed by atoms with Crippen molar-refractivity contribution in [3.63, 3.8) is 0 Å². The molecule has 2 nitrogen and oxygen atoms in total. The van der Waals surface area contributed by atoms with E-state index in [9.17, 15) is 0 Å². The fourth-order valence-corrected chi connectivity index (χ4v) is 3.65. The Morgan fingerprint density at radius 2 is 1.54 bits per heavy atom. The van der Waals surface area contributed by atoms with Gasteiger partial charge in [-0.25, -0.2) is 4.98 Å². The minimum Gasteiger partial charge on any atom is -0.344 e. The number of para-hydroxylation sites is 2. The number of hydrogen-bond acceptors (Lipinski definition) is 1. The summed E-state index contributed by atoms with van der Waals surface area (Å²) >= 11 is 0. The van der Waals surface area contributed by atoms with Gasteiger partial charge in [0.25, 0.3) is 0 Å². The Morgan fingerprint density at radius 3 is 2.50 bits per heavy atom. The van der Waals surface area contributed by atoms with E-state index in [2.05, 4.69) is 90.5 Å².